The number of aromatic nitrogens is 2. The van der Waals surface area contributed by atoms with Gasteiger partial charge in [0.15, 0.2) is 0 Å². The van der Waals surface area contributed by atoms with E-state index in [2.05, 4.69) is 5.10 Å². The molecule has 0 spiro atoms. The summed E-state index contributed by atoms with van der Waals surface area (Å²) in [4.78, 5) is 38.4. The fourth-order valence-corrected chi connectivity index (χ4v) is 2.49. The molecule has 2 rings (SSSR count). The van der Waals surface area contributed by atoms with E-state index in [0.717, 1.165) is 0 Å². The van der Waals surface area contributed by atoms with Gasteiger partial charge < -0.3 is 19.6 Å². The van der Waals surface area contributed by atoms with Gasteiger partial charge in [0.2, 0.25) is 5.91 Å². The minimum absolute atomic E-state index is 0.0315. The van der Waals surface area contributed by atoms with Gasteiger partial charge in [0.1, 0.15) is 11.7 Å². The highest BCUT2D eigenvalue weighted by molar-refractivity contribution is 5.87. The number of aromatic carboxylic acids is 1. The molecule has 0 aromatic carbocycles. The van der Waals surface area contributed by atoms with Crippen LogP contribution in [0.25, 0.3) is 0 Å². The van der Waals surface area contributed by atoms with Crippen molar-refractivity contribution in [2.75, 3.05) is 32.8 Å². The average molecular weight is 324 g/mol. The van der Waals surface area contributed by atoms with Crippen molar-refractivity contribution in [1.29, 1.82) is 0 Å². The van der Waals surface area contributed by atoms with Crippen LogP contribution in [0.5, 0.6) is 0 Å². The van der Waals surface area contributed by atoms with E-state index in [9.17, 15) is 14.4 Å². The summed E-state index contributed by atoms with van der Waals surface area (Å²) in [5, 5.41) is 13.0. The van der Waals surface area contributed by atoms with Crippen LogP contribution in [0.3, 0.4) is 0 Å². The summed E-state index contributed by atoms with van der Waals surface area (Å²) < 4.78 is 6.13. The maximum Gasteiger partial charge on any atom is 0.409 e. The predicted octanol–water partition coefficient (Wildman–Crippen LogP) is 0.443. The van der Waals surface area contributed by atoms with E-state index in [-0.39, 0.29) is 17.7 Å². The van der Waals surface area contributed by atoms with Crippen LogP contribution < -0.4 is 0 Å². The van der Waals surface area contributed by atoms with Crippen molar-refractivity contribution in [1.82, 2.24) is 19.6 Å². The van der Waals surface area contributed by atoms with Gasteiger partial charge in [-0.1, -0.05) is 0 Å². The van der Waals surface area contributed by atoms with Crippen LogP contribution in [0, 0.1) is 0 Å². The molecule has 0 bridgehead atoms. The Morgan fingerprint density at radius 2 is 1.87 bits per heavy atom. The smallest absolute Gasteiger partial charge is 0.409 e. The molecule has 9 heteroatoms. The van der Waals surface area contributed by atoms with E-state index in [1.165, 1.54) is 16.9 Å². The summed E-state index contributed by atoms with van der Waals surface area (Å²) in [5.74, 6) is -1.35. The van der Waals surface area contributed by atoms with Gasteiger partial charge in [-0.25, -0.2) is 14.3 Å². The van der Waals surface area contributed by atoms with Crippen molar-refractivity contribution < 1.29 is 24.2 Å². The van der Waals surface area contributed by atoms with Crippen molar-refractivity contribution in [3.05, 3.63) is 18.0 Å². The number of carboxylic acids is 1. The van der Waals surface area contributed by atoms with Gasteiger partial charge in [-0.05, 0) is 19.9 Å². The molecule has 1 fully saturated rings. The second-order valence-electron chi connectivity index (χ2n) is 5.15. The lowest BCUT2D eigenvalue weighted by atomic mass is 10.2. The second-order valence-corrected chi connectivity index (χ2v) is 5.15. The molecular formula is C14H20N4O5. The first-order valence-corrected chi connectivity index (χ1v) is 7.43. The number of carbonyl (C=O) groups is 3. The zero-order valence-electron chi connectivity index (χ0n) is 13.1. The van der Waals surface area contributed by atoms with E-state index in [1.54, 1.807) is 23.6 Å². The van der Waals surface area contributed by atoms with Crippen molar-refractivity contribution in [2.24, 2.45) is 0 Å². The number of hydrogen-bond donors (Lipinski definition) is 1. The Morgan fingerprint density at radius 1 is 1.26 bits per heavy atom. The molecule has 1 unspecified atom stereocenters. The summed E-state index contributed by atoms with van der Waals surface area (Å²) >= 11 is 0. The van der Waals surface area contributed by atoms with Gasteiger partial charge in [0.05, 0.1) is 6.61 Å². The molecule has 126 valence electrons. The summed E-state index contributed by atoms with van der Waals surface area (Å²) in [6, 6.07) is 0.635. The third-order valence-corrected chi connectivity index (χ3v) is 3.73. The van der Waals surface area contributed by atoms with Crippen molar-refractivity contribution in [2.45, 2.75) is 19.9 Å². The van der Waals surface area contributed by atoms with E-state index in [4.69, 9.17) is 9.84 Å². The van der Waals surface area contributed by atoms with E-state index < -0.39 is 12.0 Å². The number of ether oxygens (including phenoxy) is 1. The van der Waals surface area contributed by atoms with Gasteiger partial charge in [0.25, 0.3) is 0 Å². The molecule has 0 aliphatic carbocycles. The van der Waals surface area contributed by atoms with Gasteiger partial charge in [-0.15, -0.1) is 0 Å². The van der Waals surface area contributed by atoms with Gasteiger partial charge in [-0.3, -0.25) is 4.79 Å². The highest BCUT2D eigenvalue weighted by Gasteiger charge is 2.29. The number of hydrogen-bond acceptors (Lipinski definition) is 5. The molecule has 1 aliphatic heterocycles. The van der Waals surface area contributed by atoms with Crippen molar-refractivity contribution in [3.63, 3.8) is 0 Å². The molecule has 1 aromatic heterocycles. The Bertz CT molecular complexity index is 592. The van der Waals surface area contributed by atoms with Crippen LogP contribution >= 0.6 is 0 Å². The predicted molar refractivity (Wildman–Crippen MR) is 79.1 cm³/mol. The van der Waals surface area contributed by atoms with Crippen LogP contribution in [0.4, 0.5) is 4.79 Å². The van der Waals surface area contributed by atoms with Crippen molar-refractivity contribution >= 4 is 18.0 Å². The summed E-state index contributed by atoms with van der Waals surface area (Å²) in [6.07, 6.45) is 0.972. The number of carbonyl (C=O) groups excluding carboxylic acids is 2. The molecule has 1 aromatic rings. The molecule has 1 N–H and O–H groups in total. The first-order chi connectivity index (χ1) is 11.0. The monoisotopic (exact) mass is 324 g/mol. The Kier molecular flexibility index (Phi) is 5.20. The first kappa shape index (κ1) is 16.8. The standard InChI is InChI=1S/C14H20N4O5/c1-3-23-14(22)17-8-6-16(7-9-17)12(19)10(2)18-11(13(20)21)4-5-15-18/h4-5,10H,3,6-9H2,1-2H3,(H,20,21). The van der Waals surface area contributed by atoms with Crippen LogP contribution in [0.1, 0.15) is 30.4 Å². The summed E-state index contributed by atoms with van der Waals surface area (Å²) in [7, 11) is 0. The molecule has 9 nitrogen and oxygen atoms in total. The molecule has 1 atom stereocenters. The number of piperazine rings is 1. The highest BCUT2D eigenvalue weighted by Crippen LogP contribution is 2.14. The molecule has 23 heavy (non-hydrogen) atoms. The third-order valence-electron chi connectivity index (χ3n) is 3.73. The average Bonchev–Trinajstić information content (AvgIpc) is 3.03. The summed E-state index contributed by atoms with van der Waals surface area (Å²) in [6.45, 7) is 5.21. The number of carboxylic acid groups (broad SMARTS) is 1. The maximum absolute atomic E-state index is 12.5. The van der Waals surface area contributed by atoms with Crippen LogP contribution in [-0.2, 0) is 9.53 Å². The first-order valence-electron chi connectivity index (χ1n) is 7.43. The van der Waals surface area contributed by atoms with Gasteiger partial charge >= 0.3 is 12.1 Å². The minimum Gasteiger partial charge on any atom is -0.477 e. The van der Waals surface area contributed by atoms with Crippen LogP contribution in [0.15, 0.2) is 12.3 Å². The maximum atomic E-state index is 12.5. The van der Waals surface area contributed by atoms with Crippen LogP contribution in [0.2, 0.25) is 0 Å². The van der Waals surface area contributed by atoms with E-state index in [1.807, 2.05) is 0 Å². The highest BCUT2D eigenvalue weighted by atomic mass is 16.6. The van der Waals surface area contributed by atoms with Gasteiger partial charge in [-0.2, -0.15) is 5.10 Å². The fourth-order valence-electron chi connectivity index (χ4n) is 2.49. The lowest BCUT2D eigenvalue weighted by Gasteiger charge is -2.35. The summed E-state index contributed by atoms with van der Waals surface area (Å²) in [5.41, 5.74) is -0.0315. The molecule has 2 heterocycles. The van der Waals surface area contributed by atoms with E-state index >= 15 is 0 Å². The SMILES string of the molecule is CCOC(=O)N1CCN(C(=O)C(C)n2nccc2C(=O)O)CC1. The second kappa shape index (κ2) is 7.12. The Morgan fingerprint density at radius 3 is 2.43 bits per heavy atom. The zero-order chi connectivity index (χ0) is 17.0. The Labute approximate surface area is 133 Å². The lowest BCUT2D eigenvalue weighted by Crippen LogP contribution is -2.52. The minimum atomic E-state index is -1.13. The molecule has 1 aliphatic rings. The van der Waals surface area contributed by atoms with Crippen LogP contribution in [-0.4, -0.2) is 75.4 Å². The number of rotatable bonds is 4. The molecular weight excluding hydrogens is 304 g/mol. The lowest BCUT2D eigenvalue weighted by molar-refractivity contribution is -0.136. The largest absolute Gasteiger partial charge is 0.477 e. The third kappa shape index (κ3) is 3.61. The fraction of sp³-hybridized carbons (Fsp3) is 0.571. The molecule has 0 saturated carbocycles. The van der Waals surface area contributed by atoms with E-state index in [0.29, 0.717) is 32.8 Å². The quantitative estimate of drug-likeness (QED) is 0.862. The molecule has 0 radical (unpaired) electrons. The van der Waals surface area contributed by atoms with Gasteiger partial charge in [0, 0.05) is 32.4 Å². The Hall–Kier alpha value is -2.58. The number of amides is 2. The topological polar surface area (TPSA) is 105 Å². The normalized spacial score (nSPS) is 16.1. The number of nitrogens with zero attached hydrogens (tertiary/aromatic N) is 4. The van der Waals surface area contributed by atoms with Crippen molar-refractivity contribution in [3.8, 4) is 0 Å². The zero-order valence-corrected chi connectivity index (χ0v) is 13.1. The molecule has 1 saturated heterocycles. The Balaban J connectivity index is 1.98. The molecule has 2 amide bonds.